The van der Waals surface area contributed by atoms with Gasteiger partial charge >= 0.3 is 0 Å². The summed E-state index contributed by atoms with van der Waals surface area (Å²) in [6.07, 6.45) is 4.25. The fourth-order valence-corrected chi connectivity index (χ4v) is 2.88. The molecule has 0 bridgehead atoms. The van der Waals surface area contributed by atoms with E-state index in [-0.39, 0.29) is 12.0 Å². The van der Waals surface area contributed by atoms with Crippen LogP contribution in [0.2, 0.25) is 0 Å². The molecule has 1 amide bonds. The summed E-state index contributed by atoms with van der Waals surface area (Å²) in [5.74, 6) is 1.26. The maximum absolute atomic E-state index is 12.6. The number of hydrogen-bond donors (Lipinski definition) is 0. The van der Waals surface area contributed by atoms with Crippen LogP contribution >= 0.6 is 0 Å². The third kappa shape index (κ3) is 4.17. The standard InChI is InChI=1S/C17H22N4O3/c1-12-10-14(5-7-18-12)17(22)21-8-3-4-15(11-21)23-9-6-16-19-13(2)24-20-16/h5,7,10,15H,3-4,6,8-9,11H2,1-2H3. The summed E-state index contributed by atoms with van der Waals surface area (Å²) in [4.78, 5) is 22.8. The third-order valence-electron chi connectivity index (χ3n) is 4.06. The summed E-state index contributed by atoms with van der Waals surface area (Å²) >= 11 is 0. The fourth-order valence-electron chi connectivity index (χ4n) is 2.88. The van der Waals surface area contributed by atoms with Gasteiger partial charge in [-0.25, -0.2) is 0 Å². The normalized spacial score (nSPS) is 17.9. The van der Waals surface area contributed by atoms with Crippen molar-refractivity contribution in [1.82, 2.24) is 20.0 Å². The van der Waals surface area contributed by atoms with Crippen LogP contribution in [-0.4, -0.2) is 51.7 Å². The van der Waals surface area contributed by atoms with Gasteiger partial charge in [0.2, 0.25) is 5.89 Å². The van der Waals surface area contributed by atoms with E-state index in [1.807, 2.05) is 17.9 Å². The van der Waals surface area contributed by atoms with Gasteiger partial charge in [0.05, 0.1) is 12.7 Å². The molecule has 24 heavy (non-hydrogen) atoms. The zero-order valence-electron chi connectivity index (χ0n) is 14.1. The van der Waals surface area contributed by atoms with Crippen LogP contribution in [0, 0.1) is 13.8 Å². The molecule has 7 heteroatoms. The molecular weight excluding hydrogens is 308 g/mol. The molecule has 3 heterocycles. The molecule has 3 rings (SSSR count). The summed E-state index contributed by atoms with van der Waals surface area (Å²) in [6.45, 7) is 5.57. The molecule has 1 saturated heterocycles. The topological polar surface area (TPSA) is 81.4 Å². The van der Waals surface area contributed by atoms with E-state index in [0.29, 0.717) is 36.9 Å². The number of hydrogen-bond acceptors (Lipinski definition) is 6. The first-order chi connectivity index (χ1) is 11.6. The van der Waals surface area contributed by atoms with E-state index in [9.17, 15) is 4.79 Å². The van der Waals surface area contributed by atoms with Crippen molar-refractivity contribution in [2.75, 3.05) is 19.7 Å². The van der Waals surface area contributed by atoms with Gasteiger partial charge in [-0.15, -0.1) is 0 Å². The first-order valence-corrected chi connectivity index (χ1v) is 8.24. The van der Waals surface area contributed by atoms with Crippen molar-refractivity contribution in [3.8, 4) is 0 Å². The molecule has 1 aliphatic heterocycles. The fraction of sp³-hybridized carbons (Fsp3) is 0.529. The second kappa shape index (κ2) is 7.53. The van der Waals surface area contributed by atoms with E-state index in [1.54, 1.807) is 19.2 Å². The predicted molar refractivity (Wildman–Crippen MR) is 86.6 cm³/mol. The monoisotopic (exact) mass is 330 g/mol. The molecule has 1 atom stereocenters. The summed E-state index contributed by atoms with van der Waals surface area (Å²) in [7, 11) is 0. The Bertz CT molecular complexity index is 701. The minimum absolute atomic E-state index is 0.0441. The highest BCUT2D eigenvalue weighted by Gasteiger charge is 2.25. The zero-order chi connectivity index (χ0) is 16.9. The summed E-state index contributed by atoms with van der Waals surface area (Å²) in [6, 6.07) is 3.59. The molecular formula is C17H22N4O3. The average Bonchev–Trinajstić information content (AvgIpc) is 3.00. The Balaban J connectivity index is 1.51. The van der Waals surface area contributed by atoms with E-state index < -0.39 is 0 Å². The molecule has 1 unspecified atom stereocenters. The minimum Gasteiger partial charge on any atom is -0.376 e. The predicted octanol–water partition coefficient (Wildman–Crippen LogP) is 1.95. The Morgan fingerprint density at radius 1 is 1.46 bits per heavy atom. The van der Waals surface area contributed by atoms with Gasteiger partial charge in [0.25, 0.3) is 5.91 Å². The SMILES string of the molecule is Cc1cc(C(=O)N2CCCC(OCCc3noc(C)n3)C2)ccn1. The van der Waals surface area contributed by atoms with Gasteiger partial charge in [-0.05, 0) is 31.9 Å². The number of aromatic nitrogens is 3. The van der Waals surface area contributed by atoms with E-state index in [0.717, 1.165) is 25.1 Å². The first-order valence-electron chi connectivity index (χ1n) is 8.24. The highest BCUT2D eigenvalue weighted by atomic mass is 16.5. The van der Waals surface area contributed by atoms with Crippen LogP contribution in [-0.2, 0) is 11.2 Å². The van der Waals surface area contributed by atoms with Crippen molar-refractivity contribution in [2.45, 2.75) is 39.2 Å². The van der Waals surface area contributed by atoms with E-state index in [1.165, 1.54) is 0 Å². The Morgan fingerprint density at radius 3 is 3.08 bits per heavy atom. The second-order valence-electron chi connectivity index (χ2n) is 6.05. The van der Waals surface area contributed by atoms with Crippen molar-refractivity contribution in [3.63, 3.8) is 0 Å². The van der Waals surface area contributed by atoms with Crippen molar-refractivity contribution in [1.29, 1.82) is 0 Å². The molecule has 128 valence electrons. The van der Waals surface area contributed by atoms with Gasteiger partial charge in [-0.1, -0.05) is 5.16 Å². The number of likely N-dealkylation sites (tertiary alicyclic amines) is 1. The molecule has 7 nitrogen and oxygen atoms in total. The molecule has 1 aliphatic rings. The lowest BCUT2D eigenvalue weighted by Gasteiger charge is -2.32. The summed E-state index contributed by atoms with van der Waals surface area (Å²) in [5.41, 5.74) is 1.53. The van der Waals surface area contributed by atoms with Gasteiger partial charge in [0, 0.05) is 43.9 Å². The van der Waals surface area contributed by atoms with Crippen molar-refractivity contribution < 1.29 is 14.1 Å². The van der Waals surface area contributed by atoms with Crippen molar-refractivity contribution in [2.24, 2.45) is 0 Å². The molecule has 0 aromatic carbocycles. The largest absolute Gasteiger partial charge is 0.376 e. The highest BCUT2D eigenvalue weighted by Crippen LogP contribution is 2.16. The van der Waals surface area contributed by atoms with Gasteiger partial charge in [0.1, 0.15) is 0 Å². The quantitative estimate of drug-likeness (QED) is 0.833. The van der Waals surface area contributed by atoms with Crippen LogP contribution in [0.1, 0.15) is 40.6 Å². The number of ether oxygens (including phenoxy) is 1. The van der Waals surface area contributed by atoms with Crippen LogP contribution in [0.3, 0.4) is 0 Å². The lowest BCUT2D eigenvalue weighted by molar-refractivity contribution is 0.00250. The molecule has 0 N–H and O–H groups in total. The van der Waals surface area contributed by atoms with Gasteiger partial charge in [-0.2, -0.15) is 4.98 Å². The van der Waals surface area contributed by atoms with Crippen LogP contribution < -0.4 is 0 Å². The Hall–Kier alpha value is -2.28. The Kier molecular flexibility index (Phi) is 5.20. The molecule has 1 fully saturated rings. The number of carbonyl (C=O) groups is 1. The van der Waals surface area contributed by atoms with E-state index >= 15 is 0 Å². The van der Waals surface area contributed by atoms with Crippen LogP contribution in [0.5, 0.6) is 0 Å². The number of amides is 1. The van der Waals surface area contributed by atoms with Crippen LogP contribution in [0.4, 0.5) is 0 Å². The molecule has 2 aromatic heterocycles. The van der Waals surface area contributed by atoms with Gasteiger partial charge in [-0.3, -0.25) is 9.78 Å². The van der Waals surface area contributed by atoms with E-state index in [4.69, 9.17) is 9.26 Å². The van der Waals surface area contributed by atoms with Crippen molar-refractivity contribution in [3.05, 3.63) is 41.3 Å². The molecule has 0 spiro atoms. The zero-order valence-corrected chi connectivity index (χ0v) is 14.1. The molecule has 2 aromatic rings. The Labute approximate surface area is 141 Å². The first kappa shape index (κ1) is 16.6. The lowest BCUT2D eigenvalue weighted by atomic mass is 10.1. The average molecular weight is 330 g/mol. The number of aryl methyl sites for hydroxylation is 2. The number of pyridine rings is 1. The summed E-state index contributed by atoms with van der Waals surface area (Å²) < 4.78 is 10.8. The van der Waals surface area contributed by atoms with Gasteiger partial charge in [0.15, 0.2) is 5.82 Å². The maximum atomic E-state index is 12.6. The van der Waals surface area contributed by atoms with Crippen molar-refractivity contribution >= 4 is 5.91 Å². The Morgan fingerprint density at radius 2 is 2.33 bits per heavy atom. The number of nitrogens with zero attached hydrogens (tertiary/aromatic N) is 4. The molecule has 0 aliphatic carbocycles. The number of piperidine rings is 1. The third-order valence-corrected chi connectivity index (χ3v) is 4.06. The van der Waals surface area contributed by atoms with E-state index in [2.05, 4.69) is 15.1 Å². The number of rotatable bonds is 5. The maximum Gasteiger partial charge on any atom is 0.254 e. The number of carbonyl (C=O) groups excluding carboxylic acids is 1. The summed E-state index contributed by atoms with van der Waals surface area (Å²) in [5, 5.41) is 3.85. The molecule has 0 radical (unpaired) electrons. The van der Waals surface area contributed by atoms with Crippen LogP contribution in [0.25, 0.3) is 0 Å². The van der Waals surface area contributed by atoms with Crippen LogP contribution in [0.15, 0.2) is 22.9 Å². The van der Waals surface area contributed by atoms with Gasteiger partial charge < -0.3 is 14.2 Å². The molecule has 0 saturated carbocycles. The lowest BCUT2D eigenvalue weighted by Crippen LogP contribution is -2.43. The highest BCUT2D eigenvalue weighted by molar-refractivity contribution is 5.94. The smallest absolute Gasteiger partial charge is 0.254 e. The second-order valence-corrected chi connectivity index (χ2v) is 6.05. The minimum atomic E-state index is 0.0441.